The van der Waals surface area contributed by atoms with E-state index in [1.165, 1.54) is 7.11 Å². The molecule has 0 spiro atoms. The quantitative estimate of drug-likeness (QED) is 0.366. The summed E-state index contributed by atoms with van der Waals surface area (Å²) >= 11 is 0. The van der Waals surface area contributed by atoms with Gasteiger partial charge in [0.15, 0.2) is 23.0 Å². The van der Waals surface area contributed by atoms with Gasteiger partial charge in [-0.2, -0.15) is 10.1 Å². The Morgan fingerprint density at radius 2 is 1.91 bits per heavy atom. The number of aliphatic hydroxyl groups excluding tert-OH is 1. The third-order valence-corrected chi connectivity index (χ3v) is 6.39. The molecular weight excluding hydrogens is 436 g/mol. The number of aliphatic hydroxyl groups is 1. The van der Waals surface area contributed by atoms with E-state index in [-0.39, 0.29) is 48.4 Å². The number of aromatic hydroxyl groups is 2. The Balaban J connectivity index is 1.82. The summed E-state index contributed by atoms with van der Waals surface area (Å²) in [5, 5.41) is 42.9. The third kappa shape index (κ3) is 4.06. The Morgan fingerprint density at radius 1 is 1.15 bits per heavy atom. The molecule has 1 fully saturated rings. The van der Waals surface area contributed by atoms with Gasteiger partial charge >= 0.3 is 0 Å². The van der Waals surface area contributed by atoms with Crippen molar-refractivity contribution in [1.29, 1.82) is 0 Å². The number of nitrogens with one attached hydrogen (secondary N) is 1. The van der Waals surface area contributed by atoms with Gasteiger partial charge in [0.2, 0.25) is 11.7 Å². The van der Waals surface area contributed by atoms with Gasteiger partial charge in [-0.25, -0.2) is 0 Å². The number of benzene rings is 1. The summed E-state index contributed by atoms with van der Waals surface area (Å²) in [5.74, 6) is 1.12. The molecule has 3 aliphatic rings. The van der Waals surface area contributed by atoms with Crippen molar-refractivity contribution in [2.24, 2.45) is 0 Å². The zero-order chi connectivity index (χ0) is 24.6. The van der Waals surface area contributed by atoms with Gasteiger partial charge in [0.1, 0.15) is 0 Å². The number of phenolic OH excluding ortho intramolecular Hbond substituents is 2. The second kappa shape index (κ2) is 9.54. The van der Waals surface area contributed by atoms with Crippen molar-refractivity contribution in [3.05, 3.63) is 23.4 Å². The van der Waals surface area contributed by atoms with E-state index >= 15 is 0 Å². The molecule has 184 valence electrons. The molecule has 0 saturated carbocycles. The average molecular weight is 471 g/mol. The first-order valence-corrected chi connectivity index (χ1v) is 11.8. The minimum Gasteiger partial charge on any atom is -0.504 e. The van der Waals surface area contributed by atoms with Crippen LogP contribution in [0.4, 0.5) is 11.8 Å². The van der Waals surface area contributed by atoms with Crippen LogP contribution in [-0.4, -0.2) is 61.4 Å². The van der Waals surface area contributed by atoms with Crippen LogP contribution in [0.5, 0.6) is 17.2 Å². The predicted molar refractivity (Wildman–Crippen MR) is 130 cm³/mol. The third-order valence-electron chi connectivity index (χ3n) is 6.39. The molecule has 1 saturated heterocycles. The van der Waals surface area contributed by atoms with Gasteiger partial charge in [0, 0.05) is 24.7 Å². The molecule has 10 nitrogen and oxygen atoms in total. The van der Waals surface area contributed by atoms with Crippen molar-refractivity contribution in [3.8, 4) is 28.6 Å². The summed E-state index contributed by atoms with van der Waals surface area (Å²) in [4.78, 5) is 7.14. The van der Waals surface area contributed by atoms with E-state index in [0.717, 1.165) is 36.7 Å². The van der Waals surface area contributed by atoms with Gasteiger partial charge in [-0.3, -0.25) is 0 Å². The highest BCUT2D eigenvalue weighted by Crippen LogP contribution is 2.41. The van der Waals surface area contributed by atoms with E-state index in [1.807, 2.05) is 0 Å². The molecule has 0 bridgehead atoms. The fourth-order valence-corrected chi connectivity index (χ4v) is 4.61. The summed E-state index contributed by atoms with van der Waals surface area (Å²) in [5.41, 5.74) is 2.95. The number of methoxy groups -OCH3 is 1. The second-order valence-corrected chi connectivity index (χ2v) is 9.31. The molecule has 3 aliphatic heterocycles. The maximum Gasteiger partial charge on any atom is 0.208 e. The van der Waals surface area contributed by atoms with Crippen molar-refractivity contribution < 1.29 is 20.1 Å². The summed E-state index contributed by atoms with van der Waals surface area (Å²) in [6.45, 7) is 9.48. The molecule has 0 aliphatic carbocycles. The number of anilines is 2. The largest absolute Gasteiger partial charge is 0.504 e. The number of aromatic nitrogens is 4. The first kappa shape index (κ1) is 23.9. The van der Waals surface area contributed by atoms with E-state index in [1.54, 1.807) is 12.1 Å². The highest BCUT2D eigenvalue weighted by atomic mass is 16.5. The minimum atomic E-state index is -0.302. The summed E-state index contributed by atoms with van der Waals surface area (Å²) < 4.78 is 7.23. The highest BCUT2D eigenvalue weighted by molar-refractivity contribution is 5.75. The number of rotatable bonds is 8. The maximum absolute atomic E-state index is 10.4. The van der Waals surface area contributed by atoms with Gasteiger partial charge in [0.25, 0.3) is 0 Å². The Bertz CT molecular complexity index is 1130. The van der Waals surface area contributed by atoms with Crippen molar-refractivity contribution >= 4 is 11.8 Å². The fourth-order valence-electron chi connectivity index (χ4n) is 4.61. The van der Waals surface area contributed by atoms with E-state index < -0.39 is 0 Å². The molecule has 1 unspecified atom stereocenters. The van der Waals surface area contributed by atoms with Gasteiger partial charge in [-0.1, -0.05) is 13.8 Å². The van der Waals surface area contributed by atoms with Crippen molar-refractivity contribution in [2.75, 3.05) is 30.5 Å². The van der Waals surface area contributed by atoms with Crippen LogP contribution in [0.1, 0.15) is 63.8 Å². The fraction of sp³-hybridized carbons (Fsp3) is 0.542. The molecule has 4 rings (SSSR count). The summed E-state index contributed by atoms with van der Waals surface area (Å²) in [7, 11) is 1.43. The number of fused-ring (bicyclic) bond motifs is 1. The van der Waals surface area contributed by atoms with Crippen LogP contribution >= 0.6 is 0 Å². The van der Waals surface area contributed by atoms with Crippen LogP contribution in [0.15, 0.2) is 12.1 Å². The molecule has 0 amide bonds. The number of hydrogen-bond acceptors (Lipinski definition) is 9. The number of phenols is 2. The van der Waals surface area contributed by atoms with Crippen LogP contribution in [0.3, 0.4) is 0 Å². The lowest BCUT2D eigenvalue weighted by atomic mass is 10.1. The van der Waals surface area contributed by atoms with Crippen molar-refractivity contribution in [2.45, 2.75) is 65.1 Å². The van der Waals surface area contributed by atoms with Gasteiger partial charge < -0.3 is 34.8 Å². The number of ether oxygens (including phenoxy) is 1. The first-order chi connectivity index (χ1) is 16.3. The van der Waals surface area contributed by atoms with E-state index in [2.05, 4.69) is 52.7 Å². The first-order valence-electron chi connectivity index (χ1n) is 11.8. The van der Waals surface area contributed by atoms with Gasteiger partial charge in [-0.15, -0.1) is 5.10 Å². The van der Waals surface area contributed by atoms with Crippen LogP contribution in [0, 0.1) is 0 Å². The molecule has 1 aromatic rings. The van der Waals surface area contributed by atoms with E-state index in [9.17, 15) is 15.3 Å². The molecule has 0 aromatic heterocycles. The zero-order valence-electron chi connectivity index (χ0n) is 20.4. The van der Waals surface area contributed by atoms with E-state index in [4.69, 9.17) is 9.72 Å². The van der Waals surface area contributed by atoms with Crippen LogP contribution in [0.2, 0.25) is 0 Å². The lowest BCUT2D eigenvalue weighted by Gasteiger charge is -2.31. The van der Waals surface area contributed by atoms with E-state index in [0.29, 0.717) is 17.1 Å². The molecule has 4 N–H and O–H groups in total. The lowest BCUT2D eigenvalue weighted by molar-refractivity contribution is 0.264. The Morgan fingerprint density at radius 3 is 2.56 bits per heavy atom. The highest BCUT2D eigenvalue weighted by Gasteiger charge is 2.33. The Kier molecular flexibility index (Phi) is 6.70. The number of nitrogens with zero attached hydrogens (tertiary/aromatic N) is 5. The van der Waals surface area contributed by atoms with Crippen LogP contribution < -0.4 is 15.0 Å². The smallest absolute Gasteiger partial charge is 0.208 e. The van der Waals surface area contributed by atoms with Crippen LogP contribution in [0.25, 0.3) is 11.4 Å². The molecule has 0 radical (unpaired) electrons. The SMILES string of the molecule is COc1ccc(CNc2nc(N3CCCC3CO)n(C(C)C)c3c(C(C)C)nnc2-3)c(O)c1O. The van der Waals surface area contributed by atoms with Crippen molar-refractivity contribution in [3.63, 3.8) is 0 Å². The summed E-state index contributed by atoms with van der Waals surface area (Å²) in [6.07, 6.45) is 1.89. The monoisotopic (exact) mass is 470 g/mol. The second-order valence-electron chi connectivity index (χ2n) is 9.31. The summed E-state index contributed by atoms with van der Waals surface area (Å²) in [6, 6.07) is 3.40. The Hall–Kier alpha value is -3.27. The van der Waals surface area contributed by atoms with Gasteiger partial charge in [-0.05, 0) is 44.7 Å². The predicted octanol–water partition coefficient (Wildman–Crippen LogP) is 3.48. The molecule has 10 heteroatoms. The minimum absolute atomic E-state index is 0.00348. The molecule has 34 heavy (non-hydrogen) atoms. The number of hydrogen-bond donors (Lipinski definition) is 4. The molecule has 1 aromatic carbocycles. The molecular formula is C24H34N6O4. The van der Waals surface area contributed by atoms with Crippen molar-refractivity contribution in [1.82, 2.24) is 19.7 Å². The molecule has 1 atom stereocenters. The maximum atomic E-state index is 10.4. The van der Waals surface area contributed by atoms with Gasteiger partial charge in [0.05, 0.1) is 31.1 Å². The lowest BCUT2D eigenvalue weighted by Crippen LogP contribution is -2.36. The Labute approximate surface area is 199 Å². The standard InChI is InChI=1S/C24H34N6O4/c1-13(2)18-20-19(28-27-18)23(25-11-15-8-9-17(34-5)22(33)21(15)32)26-24(30(20)14(3)4)29-10-6-7-16(29)12-31/h8-9,13-14,16,25,31-33H,6-7,10-12H2,1-5H3. The topological polar surface area (TPSA) is 129 Å². The normalized spacial score (nSPS) is 16.2. The van der Waals surface area contributed by atoms with Crippen LogP contribution in [-0.2, 0) is 6.54 Å². The zero-order valence-corrected chi connectivity index (χ0v) is 20.4. The average Bonchev–Trinajstić information content (AvgIpc) is 3.46. The molecule has 3 heterocycles.